The van der Waals surface area contributed by atoms with Gasteiger partial charge in [-0.3, -0.25) is 4.79 Å². The number of ether oxygens (including phenoxy) is 1. The molecule has 0 aliphatic heterocycles. The molecular weight excluding hydrogens is 229 g/mol. The molecule has 1 aromatic heterocycles. The van der Waals surface area contributed by atoms with Gasteiger partial charge in [-0.05, 0) is 0 Å². The lowest BCUT2D eigenvalue weighted by Crippen LogP contribution is -2.19. The van der Waals surface area contributed by atoms with E-state index in [4.69, 9.17) is 5.73 Å². The van der Waals surface area contributed by atoms with E-state index in [0.717, 1.165) is 6.20 Å². The first-order chi connectivity index (χ1) is 7.39. The predicted octanol–water partition coefficient (Wildman–Crippen LogP) is 0.957. The molecule has 0 bridgehead atoms. The Balaban J connectivity index is 3.26. The molecule has 1 aromatic rings. The summed E-state index contributed by atoms with van der Waals surface area (Å²) in [6, 6.07) is 0. The Morgan fingerprint density at radius 2 is 2.19 bits per heavy atom. The van der Waals surface area contributed by atoms with Crippen LogP contribution in [-0.2, 0) is 6.54 Å². The standard InChI is InChI=1S/C8H7F3N2O3/c9-8(10,11)16-7-4(1-12)2-13-5(3-14)6(7)15/h2-3,15H,1,12H2. The summed E-state index contributed by atoms with van der Waals surface area (Å²) in [6.45, 7) is -0.314. The van der Waals surface area contributed by atoms with Crippen molar-refractivity contribution >= 4 is 6.29 Å². The maximum Gasteiger partial charge on any atom is 0.573 e. The number of aldehydes is 1. The highest BCUT2D eigenvalue weighted by Gasteiger charge is 2.34. The minimum absolute atomic E-state index is 0.110. The molecule has 0 aromatic carbocycles. The lowest BCUT2D eigenvalue weighted by atomic mass is 10.2. The predicted molar refractivity (Wildman–Crippen MR) is 45.9 cm³/mol. The van der Waals surface area contributed by atoms with Crippen LogP contribution in [0.3, 0.4) is 0 Å². The minimum Gasteiger partial charge on any atom is -0.503 e. The second kappa shape index (κ2) is 4.35. The van der Waals surface area contributed by atoms with E-state index < -0.39 is 23.6 Å². The smallest absolute Gasteiger partial charge is 0.503 e. The van der Waals surface area contributed by atoms with Crippen LogP contribution in [0.1, 0.15) is 16.1 Å². The summed E-state index contributed by atoms with van der Waals surface area (Å²) in [4.78, 5) is 13.8. The number of rotatable bonds is 3. The maximum atomic E-state index is 12.0. The number of alkyl halides is 3. The molecule has 1 rings (SSSR count). The Hall–Kier alpha value is -1.83. The molecule has 0 spiro atoms. The molecule has 8 heteroatoms. The second-order valence-corrected chi connectivity index (χ2v) is 2.72. The lowest BCUT2D eigenvalue weighted by Gasteiger charge is -2.13. The van der Waals surface area contributed by atoms with Crippen LogP contribution >= 0.6 is 0 Å². The van der Waals surface area contributed by atoms with Crippen LogP contribution in [0, 0.1) is 0 Å². The van der Waals surface area contributed by atoms with Crippen molar-refractivity contribution in [2.75, 3.05) is 0 Å². The zero-order valence-corrected chi connectivity index (χ0v) is 7.78. The number of halogens is 3. The second-order valence-electron chi connectivity index (χ2n) is 2.72. The number of nitrogens with two attached hydrogens (primary N) is 1. The average Bonchev–Trinajstić information content (AvgIpc) is 2.19. The topological polar surface area (TPSA) is 85.4 Å². The fourth-order valence-electron chi connectivity index (χ4n) is 0.997. The highest BCUT2D eigenvalue weighted by Crippen LogP contribution is 2.35. The van der Waals surface area contributed by atoms with Crippen LogP contribution in [0.25, 0.3) is 0 Å². The van der Waals surface area contributed by atoms with Gasteiger partial charge in [-0.15, -0.1) is 13.2 Å². The highest BCUT2D eigenvalue weighted by atomic mass is 19.4. The van der Waals surface area contributed by atoms with Crippen LogP contribution in [0.2, 0.25) is 0 Å². The Labute approximate surface area is 87.7 Å². The molecule has 16 heavy (non-hydrogen) atoms. The van der Waals surface area contributed by atoms with Crippen molar-refractivity contribution in [3.05, 3.63) is 17.5 Å². The third-order valence-corrected chi connectivity index (χ3v) is 1.66. The van der Waals surface area contributed by atoms with Crippen LogP contribution in [0.4, 0.5) is 13.2 Å². The normalized spacial score (nSPS) is 11.2. The molecule has 3 N–H and O–H groups in total. The molecule has 0 radical (unpaired) electrons. The third kappa shape index (κ3) is 2.60. The summed E-state index contributed by atoms with van der Waals surface area (Å²) in [6.07, 6.45) is -3.94. The first-order valence-corrected chi connectivity index (χ1v) is 4.01. The largest absolute Gasteiger partial charge is 0.573 e. The first-order valence-electron chi connectivity index (χ1n) is 4.01. The molecule has 5 nitrogen and oxygen atoms in total. The Kier molecular flexibility index (Phi) is 3.33. The summed E-state index contributed by atoms with van der Waals surface area (Å²) in [5.41, 5.74) is 4.45. The van der Waals surface area contributed by atoms with Gasteiger partial charge in [0.05, 0.1) is 0 Å². The number of nitrogens with zero attached hydrogens (tertiary/aromatic N) is 1. The molecule has 0 aliphatic rings. The summed E-state index contributed by atoms with van der Waals surface area (Å²) < 4.78 is 39.5. The van der Waals surface area contributed by atoms with Gasteiger partial charge < -0.3 is 15.6 Å². The molecule has 0 amide bonds. The molecule has 0 unspecified atom stereocenters. The SMILES string of the molecule is NCc1cnc(C=O)c(O)c1OC(F)(F)F. The van der Waals surface area contributed by atoms with E-state index in [1.807, 2.05) is 0 Å². The van der Waals surface area contributed by atoms with Gasteiger partial charge in [0, 0.05) is 18.3 Å². The van der Waals surface area contributed by atoms with Crippen molar-refractivity contribution in [1.82, 2.24) is 4.98 Å². The van der Waals surface area contributed by atoms with Crippen LogP contribution < -0.4 is 10.5 Å². The summed E-state index contributed by atoms with van der Waals surface area (Å²) in [7, 11) is 0. The van der Waals surface area contributed by atoms with Crippen molar-refractivity contribution in [1.29, 1.82) is 0 Å². The first kappa shape index (κ1) is 12.2. The third-order valence-electron chi connectivity index (χ3n) is 1.66. The number of carbonyl (C=O) groups is 1. The summed E-state index contributed by atoms with van der Waals surface area (Å²) in [5.74, 6) is -1.87. The maximum absolute atomic E-state index is 12.0. The number of aromatic hydroxyl groups is 1. The van der Waals surface area contributed by atoms with Crippen LogP contribution in [-0.4, -0.2) is 22.7 Å². The van der Waals surface area contributed by atoms with Gasteiger partial charge in [-0.2, -0.15) is 0 Å². The number of hydrogen-bond acceptors (Lipinski definition) is 5. The van der Waals surface area contributed by atoms with E-state index >= 15 is 0 Å². The Morgan fingerprint density at radius 1 is 1.56 bits per heavy atom. The zero-order valence-electron chi connectivity index (χ0n) is 7.78. The summed E-state index contributed by atoms with van der Waals surface area (Å²) >= 11 is 0. The van der Waals surface area contributed by atoms with E-state index in [1.165, 1.54) is 0 Å². The van der Waals surface area contributed by atoms with E-state index in [1.54, 1.807) is 0 Å². The van der Waals surface area contributed by atoms with E-state index in [0.29, 0.717) is 0 Å². The van der Waals surface area contributed by atoms with Gasteiger partial charge in [0.2, 0.25) is 0 Å². The Morgan fingerprint density at radius 3 is 2.62 bits per heavy atom. The average molecular weight is 236 g/mol. The molecule has 0 aliphatic carbocycles. The van der Waals surface area contributed by atoms with Gasteiger partial charge in [-0.25, -0.2) is 4.98 Å². The van der Waals surface area contributed by atoms with Crippen molar-refractivity contribution < 1.29 is 27.8 Å². The van der Waals surface area contributed by atoms with Crippen LogP contribution in [0.5, 0.6) is 11.5 Å². The van der Waals surface area contributed by atoms with Crippen molar-refractivity contribution in [3.63, 3.8) is 0 Å². The quantitative estimate of drug-likeness (QED) is 0.763. The fraction of sp³-hybridized carbons (Fsp3) is 0.250. The van der Waals surface area contributed by atoms with E-state index in [2.05, 4.69) is 9.72 Å². The van der Waals surface area contributed by atoms with Crippen molar-refractivity contribution in [3.8, 4) is 11.5 Å². The molecule has 1 heterocycles. The van der Waals surface area contributed by atoms with Crippen molar-refractivity contribution in [2.45, 2.75) is 12.9 Å². The van der Waals surface area contributed by atoms with Gasteiger partial charge in [0.15, 0.2) is 17.8 Å². The number of pyridine rings is 1. The summed E-state index contributed by atoms with van der Waals surface area (Å²) in [5, 5.41) is 9.29. The number of carbonyl (C=O) groups excluding carboxylic acids is 1. The minimum atomic E-state index is -4.98. The molecule has 0 saturated carbocycles. The monoisotopic (exact) mass is 236 g/mol. The van der Waals surface area contributed by atoms with E-state index in [9.17, 15) is 23.1 Å². The van der Waals surface area contributed by atoms with Gasteiger partial charge >= 0.3 is 6.36 Å². The molecule has 88 valence electrons. The highest BCUT2D eigenvalue weighted by molar-refractivity contribution is 5.78. The van der Waals surface area contributed by atoms with Crippen LogP contribution in [0.15, 0.2) is 6.20 Å². The van der Waals surface area contributed by atoms with Gasteiger partial charge in [-0.1, -0.05) is 0 Å². The molecule has 0 fully saturated rings. The van der Waals surface area contributed by atoms with Gasteiger partial charge in [0.25, 0.3) is 0 Å². The van der Waals surface area contributed by atoms with Crippen molar-refractivity contribution in [2.24, 2.45) is 5.73 Å². The van der Waals surface area contributed by atoms with Gasteiger partial charge in [0.1, 0.15) is 5.69 Å². The Bertz CT molecular complexity index is 406. The fourth-order valence-corrected chi connectivity index (χ4v) is 0.997. The number of aromatic nitrogens is 1. The van der Waals surface area contributed by atoms with E-state index in [-0.39, 0.29) is 18.4 Å². The molecular formula is C8H7F3N2O3. The molecule has 0 atom stereocenters. The molecule has 0 saturated heterocycles. The number of hydrogen-bond donors (Lipinski definition) is 2. The lowest BCUT2D eigenvalue weighted by molar-refractivity contribution is -0.275. The zero-order chi connectivity index (χ0) is 12.3.